The number of aromatic amines is 1. The summed E-state index contributed by atoms with van der Waals surface area (Å²) in [5.74, 6) is 0.396. The molecule has 0 aliphatic carbocycles. The highest BCUT2D eigenvalue weighted by atomic mass is 16.5. The van der Waals surface area contributed by atoms with Crippen molar-refractivity contribution in [3.63, 3.8) is 0 Å². The van der Waals surface area contributed by atoms with Gasteiger partial charge in [0.15, 0.2) is 0 Å². The minimum atomic E-state index is -0.197. The Labute approximate surface area is 181 Å². The molecule has 0 spiro atoms. The van der Waals surface area contributed by atoms with Crippen molar-refractivity contribution in [3.8, 4) is 5.75 Å². The van der Waals surface area contributed by atoms with E-state index in [1.807, 2.05) is 57.2 Å². The number of ether oxygens (including phenoxy) is 1. The van der Waals surface area contributed by atoms with Crippen LogP contribution in [0.15, 0.2) is 48.5 Å². The zero-order valence-electron chi connectivity index (χ0n) is 18.0. The molecule has 0 saturated carbocycles. The Morgan fingerprint density at radius 1 is 1.10 bits per heavy atom. The summed E-state index contributed by atoms with van der Waals surface area (Å²) < 4.78 is 5.18. The van der Waals surface area contributed by atoms with Crippen molar-refractivity contribution in [2.24, 2.45) is 0 Å². The van der Waals surface area contributed by atoms with Crippen LogP contribution in [0.1, 0.15) is 51.4 Å². The first-order chi connectivity index (χ1) is 14.9. The lowest BCUT2D eigenvalue weighted by atomic mass is 10.0. The van der Waals surface area contributed by atoms with Crippen molar-refractivity contribution >= 4 is 29.2 Å². The Bertz CT molecular complexity index is 1190. The number of carbonyl (C=O) groups is 2. The Kier molecular flexibility index (Phi) is 5.38. The molecule has 1 aromatic heterocycles. The maximum absolute atomic E-state index is 12.9. The van der Waals surface area contributed by atoms with Gasteiger partial charge in [0.25, 0.3) is 11.8 Å². The van der Waals surface area contributed by atoms with Gasteiger partial charge < -0.3 is 20.4 Å². The van der Waals surface area contributed by atoms with E-state index in [4.69, 9.17) is 4.74 Å². The molecule has 4 rings (SSSR count). The fraction of sp³-hybridized carbons (Fsp3) is 0.200. The highest BCUT2D eigenvalue weighted by molar-refractivity contribution is 6.35. The van der Waals surface area contributed by atoms with Gasteiger partial charge in [0.05, 0.1) is 18.7 Å². The number of carbonyl (C=O) groups excluding carboxylic acids is 2. The van der Waals surface area contributed by atoms with Gasteiger partial charge in [0, 0.05) is 28.2 Å². The van der Waals surface area contributed by atoms with E-state index in [2.05, 4.69) is 15.6 Å². The summed E-state index contributed by atoms with van der Waals surface area (Å²) >= 11 is 0. The van der Waals surface area contributed by atoms with Crippen LogP contribution in [0.3, 0.4) is 0 Å². The Morgan fingerprint density at radius 2 is 1.84 bits per heavy atom. The number of nitrogens with one attached hydrogen (secondary N) is 3. The van der Waals surface area contributed by atoms with Crippen LogP contribution in [0.5, 0.6) is 5.75 Å². The second-order valence-electron chi connectivity index (χ2n) is 7.79. The van der Waals surface area contributed by atoms with Gasteiger partial charge in [0.1, 0.15) is 5.75 Å². The van der Waals surface area contributed by atoms with Crippen LogP contribution in [-0.4, -0.2) is 23.9 Å². The summed E-state index contributed by atoms with van der Waals surface area (Å²) in [6.07, 6.45) is 1.84. The standard InChI is InChI=1S/C25H25N3O3/c1-14-11-15(2)26-23(14)13-21-20-12-18(7-10-22(20)28-25(21)30)24(29)27-16(3)17-5-8-19(31-4)9-6-17/h5-13,16,26H,1-4H3,(H,27,29)(H,28,30). The molecule has 1 aliphatic heterocycles. The average molecular weight is 415 g/mol. The molecule has 1 atom stereocenters. The number of hydrogen-bond donors (Lipinski definition) is 3. The third-order valence-corrected chi connectivity index (χ3v) is 5.51. The van der Waals surface area contributed by atoms with Crippen molar-refractivity contribution in [1.29, 1.82) is 0 Å². The number of benzene rings is 2. The number of rotatable bonds is 5. The van der Waals surface area contributed by atoms with Gasteiger partial charge in [-0.2, -0.15) is 0 Å². The smallest absolute Gasteiger partial charge is 0.256 e. The van der Waals surface area contributed by atoms with E-state index in [9.17, 15) is 9.59 Å². The van der Waals surface area contributed by atoms with E-state index in [1.54, 1.807) is 25.3 Å². The monoisotopic (exact) mass is 415 g/mol. The first kappa shape index (κ1) is 20.5. The first-order valence-electron chi connectivity index (χ1n) is 10.1. The van der Waals surface area contributed by atoms with E-state index < -0.39 is 0 Å². The quantitative estimate of drug-likeness (QED) is 0.532. The van der Waals surface area contributed by atoms with Crippen LogP contribution < -0.4 is 15.4 Å². The van der Waals surface area contributed by atoms with E-state index in [1.165, 1.54) is 0 Å². The van der Waals surface area contributed by atoms with Crippen LogP contribution in [0.2, 0.25) is 0 Å². The van der Waals surface area contributed by atoms with E-state index in [0.717, 1.165) is 33.8 Å². The second-order valence-corrected chi connectivity index (χ2v) is 7.79. The Balaban J connectivity index is 1.58. The summed E-state index contributed by atoms with van der Waals surface area (Å²) in [4.78, 5) is 28.7. The minimum absolute atomic E-state index is 0.175. The van der Waals surface area contributed by atoms with Crippen molar-refractivity contribution in [2.45, 2.75) is 26.8 Å². The predicted octanol–water partition coefficient (Wildman–Crippen LogP) is 4.62. The molecule has 1 unspecified atom stereocenters. The molecule has 158 valence electrons. The van der Waals surface area contributed by atoms with Crippen LogP contribution in [0, 0.1) is 13.8 Å². The molecule has 0 fully saturated rings. The molecular weight excluding hydrogens is 390 g/mol. The number of aryl methyl sites for hydroxylation is 2. The molecule has 3 aromatic rings. The lowest BCUT2D eigenvalue weighted by Crippen LogP contribution is -2.26. The average Bonchev–Trinajstić information content (AvgIpc) is 3.25. The van der Waals surface area contributed by atoms with Gasteiger partial charge in [-0.3, -0.25) is 9.59 Å². The predicted molar refractivity (Wildman–Crippen MR) is 122 cm³/mol. The van der Waals surface area contributed by atoms with Crippen LogP contribution in [0.25, 0.3) is 11.6 Å². The zero-order valence-corrected chi connectivity index (χ0v) is 18.0. The first-order valence-corrected chi connectivity index (χ1v) is 10.1. The maximum atomic E-state index is 12.9. The van der Waals surface area contributed by atoms with Crippen LogP contribution in [-0.2, 0) is 4.79 Å². The number of hydrogen-bond acceptors (Lipinski definition) is 3. The van der Waals surface area contributed by atoms with Gasteiger partial charge >= 0.3 is 0 Å². The van der Waals surface area contributed by atoms with Crippen molar-refractivity contribution in [2.75, 3.05) is 12.4 Å². The lowest BCUT2D eigenvalue weighted by Gasteiger charge is -2.15. The number of H-pyrrole nitrogens is 1. The third-order valence-electron chi connectivity index (χ3n) is 5.51. The number of methoxy groups -OCH3 is 1. The molecule has 2 amide bonds. The molecule has 6 heteroatoms. The molecule has 31 heavy (non-hydrogen) atoms. The van der Waals surface area contributed by atoms with Crippen molar-refractivity contribution < 1.29 is 14.3 Å². The van der Waals surface area contributed by atoms with Crippen LogP contribution in [0.4, 0.5) is 5.69 Å². The molecule has 0 bridgehead atoms. The van der Waals surface area contributed by atoms with E-state index >= 15 is 0 Å². The molecule has 6 nitrogen and oxygen atoms in total. The van der Waals surface area contributed by atoms with Gasteiger partial charge in [-0.1, -0.05) is 12.1 Å². The minimum Gasteiger partial charge on any atom is -0.497 e. The Morgan fingerprint density at radius 3 is 2.48 bits per heavy atom. The fourth-order valence-electron chi connectivity index (χ4n) is 3.77. The lowest BCUT2D eigenvalue weighted by molar-refractivity contribution is -0.110. The van der Waals surface area contributed by atoms with Gasteiger partial charge in [-0.25, -0.2) is 0 Å². The summed E-state index contributed by atoms with van der Waals surface area (Å²) in [5.41, 5.74) is 6.43. The topological polar surface area (TPSA) is 83.2 Å². The highest BCUT2D eigenvalue weighted by Gasteiger charge is 2.26. The summed E-state index contributed by atoms with van der Waals surface area (Å²) in [6, 6.07) is 14.7. The number of aromatic nitrogens is 1. The third kappa shape index (κ3) is 4.10. The normalized spacial score (nSPS) is 14.8. The van der Waals surface area contributed by atoms with Crippen LogP contribution >= 0.6 is 0 Å². The van der Waals surface area contributed by atoms with Gasteiger partial charge in [0.2, 0.25) is 0 Å². The number of fused-ring (bicyclic) bond motifs is 1. The van der Waals surface area contributed by atoms with E-state index in [0.29, 0.717) is 16.8 Å². The molecule has 0 radical (unpaired) electrons. The summed E-state index contributed by atoms with van der Waals surface area (Å²) in [7, 11) is 1.62. The molecule has 2 aromatic carbocycles. The molecule has 0 saturated heterocycles. The SMILES string of the molecule is COc1ccc(C(C)NC(=O)c2ccc3c(c2)C(=Cc2[nH]c(C)cc2C)C(=O)N3)cc1. The molecule has 3 N–H and O–H groups in total. The number of amides is 2. The van der Waals surface area contributed by atoms with Crippen molar-refractivity contribution in [1.82, 2.24) is 10.3 Å². The fourth-order valence-corrected chi connectivity index (χ4v) is 3.77. The largest absolute Gasteiger partial charge is 0.497 e. The summed E-state index contributed by atoms with van der Waals surface area (Å²) in [5, 5.41) is 5.89. The van der Waals surface area contributed by atoms with Gasteiger partial charge in [-0.05, 0) is 74.4 Å². The highest BCUT2D eigenvalue weighted by Crippen LogP contribution is 2.34. The maximum Gasteiger partial charge on any atom is 0.256 e. The Hall–Kier alpha value is -3.80. The van der Waals surface area contributed by atoms with Gasteiger partial charge in [-0.15, -0.1) is 0 Å². The molecular formula is C25H25N3O3. The molecule has 1 aliphatic rings. The van der Waals surface area contributed by atoms with Crippen molar-refractivity contribution in [3.05, 3.63) is 82.2 Å². The zero-order chi connectivity index (χ0) is 22.1. The second kappa shape index (κ2) is 8.14. The van der Waals surface area contributed by atoms with E-state index in [-0.39, 0.29) is 17.9 Å². The summed E-state index contributed by atoms with van der Waals surface area (Å²) in [6.45, 7) is 5.90. The number of anilines is 1. The molecule has 2 heterocycles.